The number of nitrogens with zero attached hydrogens (tertiary/aromatic N) is 2. The van der Waals surface area contributed by atoms with E-state index in [-0.39, 0.29) is 17.3 Å². The van der Waals surface area contributed by atoms with Gasteiger partial charge in [0.15, 0.2) is 5.69 Å². The van der Waals surface area contributed by atoms with Gasteiger partial charge in [0, 0.05) is 0 Å². The van der Waals surface area contributed by atoms with Gasteiger partial charge in [-0.1, -0.05) is 6.07 Å². The van der Waals surface area contributed by atoms with Crippen LogP contribution in [-0.4, -0.2) is 23.0 Å². The minimum atomic E-state index is -4.46. The van der Waals surface area contributed by atoms with Crippen LogP contribution in [0, 0.1) is 0 Å². The highest BCUT2D eigenvalue weighted by Crippen LogP contribution is 2.32. The maximum Gasteiger partial charge on any atom is 0.416 e. The molecular formula is C13H9F3N2O3. The van der Waals surface area contributed by atoms with Crippen LogP contribution < -0.4 is 4.74 Å². The molecule has 21 heavy (non-hydrogen) atoms. The van der Waals surface area contributed by atoms with Crippen molar-refractivity contribution in [3.8, 4) is 11.6 Å². The lowest BCUT2D eigenvalue weighted by Gasteiger charge is -2.09. The van der Waals surface area contributed by atoms with Crippen molar-refractivity contribution in [2.75, 3.05) is 7.11 Å². The number of carbonyl (C=O) groups is 1. The number of rotatable bonds is 3. The Morgan fingerprint density at radius 2 is 1.95 bits per heavy atom. The van der Waals surface area contributed by atoms with Crippen LogP contribution >= 0.6 is 0 Å². The largest absolute Gasteiger partial charge is 0.464 e. The monoisotopic (exact) mass is 298 g/mol. The summed E-state index contributed by atoms with van der Waals surface area (Å²) in [6.45, 7) is 0. The van der Waals surface area contributed by atoms with Gasteiger partial charge in [-0.3, -0.25) is 0 Å². The van der Waals surface area contributed by atoms with E-state index in [9.17, 15) is 18.0 Å². The molecule has 0 unspecified atom stereocenters. The van der Waals surface area contributed by atoms with Crippen molar-refractivity contribution >= 4 is 5.97 Å². The Balaban J connectivity index is 2.17. The molecule has 1 aromatic carbocycles. The Labute approximate surface area is 117 Å². The highest BCUT2D eigenvalue weighted by atomic mass is 19.4. The standard InChI is InChI=1S/C13H9F3N2O3/c1-20-12(19)10-6-18-11(7-17-10)21-9-4-2-3-8(5-9)13(14,15)16/h2-7H,1H3. The number of carbonyl (C=O) groups excluding carboxylic acids is 1. The molecule has 0 aliphatic carbocycles. The first-order valence-electron chi connectivity index (χ1n) is 5.65. The maximum absolute atomic E-state index is 12.6. The smallest absolute Gasteiger partial charge is 0.416 e. The minimum absolute atomic E-state index is 0.0334. The molecule has 2 rings (SSSR count). The van der Waals surface area contributed by atoms with E-state index in [0.29, 0.717) is 0 Å². The third kappa shape index (κ3) is 3.68. The molecule has 1 aromatic heterocycles. The molecule has 8 heteroatoms. The van der Waals surface area contributed by atoms with Crippen LogP contribution in [0.3, 0.4) is 0 Å². The molecule has 0 spiro atoms. The molecule has 0 atom stereocenters. The van der Waals surface area contributed by atoms with E-state index in [1.807, 2.05) is 0 Å². The molecule has 2 aromatic rings. The summed E-state index contributed by atoms with van der Waals surface area (Å²) in [4.78, 5) is 18.6. The van der Waals surface area contributed by atoms with E-state index in [1.165, 1.54) is 19.2 Å². The Morgan fingerprint density at radius 1 is 1.19 bits per heavy atom. The average molecular weight is 298 g/mol. The maximum atomic E-state index is 12.6. The molecule has 110 valence electrons. The summed E-state index contributed by atoms with van der Waals surface area (Å²) in [5.41, 5.74) is -0.868. The van der Waals surface area contributed by atoms with Crippen LogP contribution in [0.4, 0.5) is 13.2 Å². The molecule has 0 fully saturated rings. The van der Waals surface area contributed by atoms with Crippen LogP contribution in [-0.2, 0) is 10.9 Å². The second-order valence-corrected chi connectivity index (χ2v) is 3.86. The summed E-state index contributed by atoms with van der Waals surface area (Å²) >= 11 is 0. The SMILES string of the molecule is COC(=O)c1cnc(Oc2cccc(C(F)(F)F)c2)cn1. The van der Waals surface area contributed by atoms with Gasteiger partial charge in [-0.05, 0) is 18.2 Å². The van der Waals surface area contributed by atoms with Crippen LogP contribution in [0.5, 0.6) is 11.6 Å². The van der Waals surface area contributed by atoms with Gasteiger partial charge < -0.3 is 9.47 Å². The molecule has 0 aliphatic rings. The molecule has 0 aliphatic heterocycles. The first-order valence-corrected chi connectivity index (χ1v) is 5.65. The fourth-order valence-corrected chi connectivity index (χ4v) is 1.44. The summed E-state index contributed by atoms with van der Waals surface area (Å²) in [5, 5.41) is 0. The average Bonchev–Trinajstić information content (AvgIpc) is 2.47. The molecule has 0 saturated carbocycles. The third-order valence-corrected chi connectivity index (χ3v) is 2.41. The zero-order valence-electron chi connectivity index (χ0n) is 10.7. The molecule has 0 N–H and O–H groups in total. The number of halogens is 3. The lowest BCUT2D eigenvalue weighted by Crippen LogP contribution is -2.05. The zero-order chi connectivity index (χ0) is 15.5. The number of alkyl halides is 3. The summed E-state index contributed by atoms with van der Waals surface area (Å²) in [7, 11) is 1.19. The van der Waals surface area contributed by atoms with E-state index >= 15 is 0 Å². The topological polar surface area (TPSA) is 61.3 Å². The van der Waals surface area contributed by atoms with Crippen LogP contribution in [0.2, 0.25) is 0 Å². The van der Waals surface area contributed by atoms with Crippen LogP contribution in [0.1, 0.15) is 16.1 Å². The Kier molecular flexibility index (Phi) is 4.06. The molecular weight excluding hydrogens is 289 g/mol. The molecule has 1 heterocycles. The van der Waals surface area contributed by atoms with E-state index in [1.54, 1.807) is 0 Å². The Bertz CT molecular complexity index is 642. The van der Waals surface area contributed by atoms with E-state index in [0.717, 1.165) is 24.5 Å². The number of benzene rings is 1. The van der Waals surface area contributed by atoms with Gasteiger partial charge in [0.2, 0.25) is 5.88 Å². The van der Waals surface area contributed by atoms with Crippen LogP contribution in [0.25, 0.3) is 0 Å². The normalized spacial score (nSPS) is 11.0. The predicted octanol–water partition coefficient (Wildman–Crippen LogP) is 3.07. The number of aromatic nitrogens is 2. The molecule has 0 radical (unpaired) electrons. The predicted molar refractivity (Wildman–Crippen MR) is 64.9 cm³/mol. The number of ether oxygens (including phenoxy) is 2. The number of methoxy groups -OCH3 is 1. The van der Waals surface area contributed by atoms with Crippen molar-refractivity contribution in [2.45, 2.75) is 6.18 Å². The summed E-state index contributed by atoms with van der Waals surface area (Å²) in [5.74, 6) is -0.750. The minimum Gasteiger partial charge on any atom is -0.464 e. The van der Waals surface area contributed by atoms with Crippen LogP contribution in [0.15, 0.2) is 36.7 Å². The van der Waals surface area contributed by atoms with E-state index in [2.05, 4.69) is 14.7 Å². The Hall–Kier alpha value is -2.64. The number of esters is 1. The van der Waals surface area contributed by atoms with Gasteiger partial charge in [0.1, 0.15) is 5.75 Å². The van der Waals surface area contributed by atoms with Gasteiger partial charge >= 0.3 is 12.1 Å². The van der Waals surface area contributed by atoms with Gasteiger partial charge in [-0.2, -0.15) is 13.2 Å². The third-order valence-electron chi connectivity index (χ3n) is 2.41. The highest BCUT2D eigenvalue weighted by molar-refractivity contribution is 5.86. The summed E-state index contributed by atoms with van der Waals surface area (Å²) < 4.78 is 47.3. The number of hydrogen-bond acceptors (Lipinski definition) is 5. The quantitative estimate of drug-likeness (QED) is 0.815. The number of hydrogen-bond donors (Lipinski definition) is 0. The first kappa shape index (κ1) is 14.8. The lowest BCUT2D eigenvalue weighted by atomic mass is 10.2. The van der Waals surface area contributed by atoms with E-state index in [4.69, 9.17) is 4.74 Å². The van der Waals surface area contributed by atoms with Gasteiger partial charge in [0.25, 0.3) is 0 Å². The van der Waals surface area contributed by atoms with Crippen molar-refractivity contribution in [1.29, 1.82) is 0 Å². The molecule has 0 saturated heterocycles. The fourth-order valence-electron chi connectivity index (χ4n) is 1.44. The molecule has 0 bridgehead atoms. The van der Waals surface area contributed by atoms with Crippen molar-refractivity contribution in [2.24, 2.45) is 0 Å². The second kappa shape index (κ2) is 5.78. The van der Waals surface area contributed by atoms with Crippen molar-refractivity contribution in [3.05, 3.63) is 47.9 Å². The lowest BCUT2D eigenvalue weighted by molar-refractivity contribution is -0.137. The summed E-state index contributed by atoms with van der Waals surface area (Å²) in [6, 6.07) is 4.34. The van der Waals surface area contributed by atoms with Crippen molar-refractivity contribution in [1.82, 2.24) is 9.97 Å². The summed E-state index contributed by atoms with van der Waals surface area (Å²) in [6.07, 6.45) is -2.24. The van der Waals surface area contributed by atoms with Gasteiger partial charge in [0.05, 0.1) is 25.1 Å². The molecule has 0 amide bonds. The first-order chi connectivity index (χ1) is 9.90. The van der Waals surface area contributed by atoms with E-state index < -0.39 is 17.7 Å². The highest BCUT2D eigenvalue weighted by Gasteiger charge is 2.30. The van der Waals surface area contributed by atoms with Gasteiger partial charge in [-0.25, -0.2) is 14.8 Å². The van der Waals surface area contributed by atoms with Crippen molar-refractivity contribution < 1.29 is 27.4 Å². The van der Waals surface area contributed by atoms with Gasteiger partial charge in [-0.15, -0.1) is 0 Å². The zero-order valence-corrected chi connectivity index (χ0v) is 10.7. The second-order valence-electron chi connectivity index (χ2n) is 3.86. The Morgan fingerprint density at radius 3 is 2.52 bits per heavy atom. The van der Waals surface area contributed by atoms with Crippen molar-refractivity contribution in [3.63, 3.8) is 0 Å². The molecule has 5 nitrogen and oxygen atoms in total. The fraction of sp³-hybridized carbons (Fsp3) is 0.154.